The molecule has 8 heteroatoms. The number of H-pyrrole nitrogens is 1. The molecule has 0 saturated heterocycles. The number of anilines is 2. The lowest BCUT2D eigenvalue weighted by atomic mass is 10.1. The lowest BCUT2D eigenvalue weighted by molar-refractivity contribution is 0.483. The fourth-order valence-electron chi connectivity index (χ4n) is 2.35. The van der Waals surface area contributed by atoms with Gasteiger partial charge in [-0.15, -0.1) is 5.10 Å². The van der Waals surface area contributed by atoms with E-state index in [9.17, 15) is 0 Å². The molecule has 0 atom stereocenters. The van der Waals surface area contributed by atoms with Crippen LogP contribution < -0.4 is 15.6 Å². The van der Waals surface area contributed by atoms with Gasteiger partial charge in [-0.05, 0) is 35.9 Å². The van der Waals surface area contributed by atoms with Crippen molar-refractivity contribution in [2.24, 2.45) is 0 Å². The molecule has 2 N–H and O–H groups in total. The Balaban J connectivity index is 1.57. The fourth-order valence-corrected chi connectivity index (χ4v) is 2.35. The van der Waals surface area contributed by atoms with Crippen molar-refractivity contribution in [3.63, 3.8) is 0 Å². The van der Waals surface area contributed by atoms with E-state index >= 15 is 0 Å². The van der Waals surface area contributed by atoms with Gasteiger partial charge in [0.15, 0.2) is 5.82 Å². The molecule has 0 saturated carbocycles. The number of aromatic nitrogens is 5. The Bertz CT molecular complexity index is 1020. The van der Waals surface area contributed by atoms with E-state index in [-0.39, 0.29) is 0 Å². The zero-order valence-electron chi connectivity index (χ0n) is 13.6. The summed E-state index contributed by atoms with van der Waals surface area (Å²) in [5.74, 6) is 2.32. The van der Waals surface area contributed by atoms with Crippen LogP contribution in [-0.2, 0) is 0 Å². The highest BCUT2D eigenvalue weighted by Crippen LogP contribution is 2.26. The van der Waals surface area contributed by atoms with E-state index in [1.54, 1.807) is 12.3 Å². The first kappa shape index (κ1) is 15.8. The van der Waals surface area contributed by atoms with Crippen LogP contribution in [0, 0.1) is 0 Å². The summed E-state index contributed by atoms with van der Waals surface area (Å²) in [5, 5.41) is 17.5. The number of para-hydroxylation sites is 1. The van der Waals surface area contributed by atoms with Gasteiger partial charge < -0.3 is 10.1 Å². The quantitative estimate of drug-likeness (QED) is 0.543. The lowest BCUT2D eigenvalue weighted by Crippen LogP contribution is -2.01. The monoisotopic (exact) mass is 340 g/mol. The van der Waals surface area contributed by atoms with Gasteiger partial charge in [0.05, 0.1) is 11.9 Å². The molecular formula is C18H13BN6O. The van der Waals surface area contributed by atoms with Crippen molar-refractivity contribution in [3.05, 3.63) is 66.9 Å². The zero-order chi connectivity index (χ0) is 17.8. The third-order valence-electron chi connectivity index (χ3n) is 3.51. The highest BCUT2D eigenvalue weighted by Gasteiger charge is 2.07. The molecule has 0 spiro atoms. The standard InChI is InChI=1S/C18H13BN6O/c19-16-10-17(24-23-16)22-18-21-15(11-20-25-18)12-5-4-8-14(9-12)26-13-6-2-1-3-7-13/h1-11H,(H2,21,22,23,24,25). The summed E-state index contributed by atoms with van der Waals surface area (Å²) in [7, 11) is 5.60. The number of rotatable bonds is 5. The third kappa shape index (κ3) is 3.69. The van der Waals surface area contributed by atoms with Gasteiger partial charge in [-0.3, -0.25) is 5.10 Å². The normalized spacial score (nSPS) is 10.5. The maximum absolute atomic E-state index is 5.86. The van der Waals surface area contributed by atoms with E-state index in [1.807, 2.05) is 54.6 Å². The summed E-state index contributed by atoms with van der Waals surface area (Å²) in [5.41, 5.74) is 1.96. The van der Waals surface area contributed by atoms with Crippen molar-refractivity contribution < 1.29 is 4.74 Å². The summed E-state index contributed by atoms with van der Waals surface area (Å²) < 4.78 is 5.86. The number of hydrogen-bond acceptors (Lipinski definition) is 6. The van der Waals surface area contributed by atoms with Gasteiger partial charge in [0.2, 0.25) is 5.95 Å². The Morgan fingerprint density at radius 3 is 2.62 bits per heavy atom. The molecule has 2 aromatic heterocycles. The molecule has 0 aliphatic rings. The maximum Gasteiger partial charge on any atom is 0.248 e. The van der Waals surface area contributed by atoms with Crippen molar-refractivity contribution >= 4 is 25.2 Å². The summed E-state index contributed by atoms with van der Waals surface area (Å²) in [6, 6.07) is 18.8. The largest absolute Gasteiger partial charge is 0.457 e. The highest BCUT2D eigenvalue weighted by molar-refractivity contribution is 6.30. The van der Waals surface area contributed by atoms with Crippen LogP contribution in [0.25, 0.3) is 11.3 Å². The van der Waals surface area contributed by atoms with Gasteiger partial charge in [0.25, 0.3) is 0 Å². The predicted octanol–water partition coefficient (Wildman–Crippen LogP) is 2.59. The van der Waals surface area contributed by atoms with E-state index in [1.165, 1.54) is 0 Å². The Kier molecular flexibility index (Phi) is 4.30. The third-order valence-corrected chi connectivity index (χ3v) is 3.51. The number of nitrogens with zero attached hydrogens (tertiary/aromatic N) is 4. The van der Waals surface area contributed by atoms with E-state index in [0.717, 1.165) is 11.3 Å². The maximum atomic E-state index is 5.86. The van der Waals surface area contributed by atoms with Gasteiger partial charge in [-0.25, -0.2) is 4.98 Å². The van der Waals surface area contributed by atoms with Crippen LogP contribution in [0.5, 0.6) is 11.5 Å². The number of hydrogen-bond donors (Lipinski definition) is 2. The van der Waals surface area contributed by atoms with E-state index < -0.39 is 0 Å². The summed E-state index contributed by atoms with van der Waals surface area (Å²) in [4.78, 5) is 4.46. The molecule has 4 aromatic rings. The topological polar surface area (TPSA) is 88.6 Å². The van der Waals surface area contributed by atoms with Crippen LogP contribution in [0.3, 0.4) is 0 Å². The van der Waals surface area contributed by atoms with Crippen LogP contribution in [0.15, 0.2) is 66.9 Å². The Hall–Kier alpha value is -3.68. The highest BCUT2D eigenvalue weighted by atomic mass is 16.5. The van der Waals surface area contributed by atoms with E-state index in [0.29, 0.717) is 28.8 Å². The molecule has 0 aliphatic carbocycles. The predicted molar refractivity (Wildman–Crippen MR) is 99.0 cm³/mol. The smallest absolute Gasteiger partial charge is 0.248 e. The Morgan fingerprint density at radius 2 is 1.81 bits per heavy atom. The van der Waals surface area contributed by atoms with Crippen molar-refractivity contribution in [3.8, 4) is 22.8 Å². The fraction of sp³-hybridized carbons (Fsp3) is 0. The van der Waals surface area contributed by atoms with Crippen LogP contribution in [0.1, 0.15) is 0 Å². The van der Waals surface area contributed by atoms with Crippen molar-refractivity contribution in [2.45, 2.75) is 0 Å². The number of nitrogens with one attached hydrogen (secondary N) is 2. The van der Waals surface area contributed by atoms with Gasteiger partial charge in [0, 0.05) is 5.56 Å². The summed E-state index contributed by atoms with van der Waals surface area (Å²) in [6.07, 6.45) is 1.59. The molecule has 7 nitrogen and oxygen atoms in total. The van der Waals surface area contributed by atoms with Crippen molar-refractivity contribution in [1.29, 1.82) is 0 Å². The molecular weight excluding hydrogens is 327 g/mol. The second kappa shape index (κ2) is 7.06. The molecule has 2 aromatic carbocycles. The SMILES string of the molecule is [B]c1cc(Nc2nncc(-c3cccc(Oc4ccccc4)c3)n2)n[nH]1. The average molecular weight is 340 g/mol. The molecule has 124 valence electrons. The Morgan fingerprint density at radius 1 is 0.962 bits per heavy atom. The van der Waals surface area contributed by atoms with Crippen molar-refractivity contribution in [1.82, 2.24) is 25.4 Å². The van der Waals surface area contributed by atoms with Crippen LogP contribution in [0.2, 0.25) is 0 Å². The van der Waals surface area contributed by atoms with Gasteiger partial charge in [0.1, 0.15) is 19.3 Å². The average Bonchev–Trinajstić information content (AvgIpc) is 3.08. The zero-order valence-corrected chi connectivity index (χ0v) is 13.6. The number of benzene rings is 2. The molecule has 4 rings (SSSR count). The first-order valence-corrected chi connectivity index (χ1v) is 7.87. The van der Waals surface area contributed by atoms with Gasteiger partial charge in [-0.1, -0.05) is 30.3 Å². The van der Waals surface area contributed by atoms with Crippen LogP contribution >= 0.6 is 0 Å². The molecule has 0 fully saturated rings. The molecule has 0 aliphatic heterocycles. The Labute approximate surface area is 150 Å². The molecule has 0 unspecified atom stereocenters. The minimum Gasteiger partial charge on any atom is -0.457 e. The van der Waals surface area contributed by atoms with Gasteiger partial charge >= 0.3 is 0 Å². The second-order valence-corrected chi connectivity index (χ2v) is 5.44. The minimum absolute atomic E-state index is 0.323. The molecule has 0 bridgehead atoms. The summed E-state index contributed by atoms with van der Waals surface area (Å²) in [6.45, 7) is 0. The van der Waals surface area contributed by atoms with E-state index in [4.69, 9.17) is 12.6 Å². The first-order valence-electron chi connectivity index (χ1n) is 7.87. The van der Waals surface area contributed by atoms with Crippen LogP contribution in [-0.4, -0.2) is 33.2 Å². The molecule has 26 heavy (non-hydrogen) atoms. The van der Waals surface area contributed by atoms with Crippen molar-refractivity contribution in [2.75, 3.05) is 5.32 Å². The van der Waals surface area contributed by atoms with Gasteiger partial charge in [-0.2, -0.15) is 10.2 Å². The first-order chi connectivity index (χ1) is 12.8. The minimum atomic E-state index is 0.323. The van der Waals surface area contributed by atoms with Crippen LogP contribution in [0.4, 0.5) is 11.8 Å². The molecule has 2 radical (unpaired) electrons. The van der Waals surface area contributed by atoms with E-state index in [2.05, 4.69) is 30.7 Å². The number of aromatic amines is 1. The number of ether oxygens (including phenoxy) is 1. The lowest BCUT2D eigenvalue weighted by Gasteiger charge is -2.08. The molecule has 0 amide bonds. The second-order valence-electron chi connectivity index (χ2n) is 5.44. The summed E-state index contributed by atoms with van der Waals surface area (Å²) >= 11 is 0. The molecule has 2 heterocycles.